The van der Waals surface area contributed by atoms with Gasteiger partial charge in [-0.25, -0.2) is 9.38 Å². The second kappa shape index (κ2) is 12.3. The van der Waals surface area contributed by atoms with Gasteiger partial charge in [-0.15, -0.1) is 0 Å². The third-order valence-electron chi connectivity index (χ3n) is 11.8. The Hall–Kier alpha value is -7.50. The number of aliphatic imine (C=N–C) groups is 1. The molecule has 1 aliphatic rings. The van der Waals surface area contributed by atoms with Crippen molar-refractivity contribution in [1.82, 2.24) is 14.5 Å². The molecular formula is C52H33FN4. The number of hydrogen-bond donors (Lipinski definition) is 1. The summed E-state index contributed by atoms with van der Waals surface area (Å²) < 4.78 is 19.4. The lowest BCUT2D eigenvalue weighted by molar-refractivity contribution is 0.510. The third kappa shape index (κ3) is 4.82. The minimum atomic E-state index is -0.375. The normalized spacial score (nSPS) is 14.4. The second-order valence-corrected chi connectivity index (χ2v) is 14.9. The first-order valence-corrected chi connectivity index (χ1v) is 19.3. The molecule has 3 heterocycles. The number of benzene rings is 9. The highest BCUT2D eigenvalue weighted by atomic mass is 19.1. The van der Waals surface area contributed by atoms with Gasteiger partial charge in [-0.1, -0.05) is 109 Å². The van der Waals surface area contributed by atoms with Crippen LogP contribution in [0.3, 0.4) is 0 Å². The van der Waals surface area contributed by atoms with Gasteiger partial charge < -0.3 is 14.5 Å². The number of halogens is 1. The number of aromatic nitrogens is 2. The van der Waals surface area contributed by atoms with E-state index in [0.29, 0.717) is 0 Å². The fourth-order valence-corrected chi connectivity index (χ4v) is 9.28. The van der Waals surface area contributed by atoms with E-state index in [4.69, 9.17) is 4.99 Å². The molecule has 0 saturated carbocycles. The van der Waals surface area contributed by atoms with Crippen LogP contribution >= 0.6 is 0 Å². The van der Waals surface area contributed by atoms with E-state index < -0.39 is 0 Å². The molecule has 2 aromatic heterocycles. The first-order chi connectivity index (χ1) is 28.2. The average molecular weight is 733 g/mol. The van der Waals surface area contributed by atoms with Gasteiger partial charge in [0.1, 0.15) is 5.82 Å². The lowest BCUT2D eigenvalue weighted by Crippen LogP contribution is -2.26. The van der Waals surface area contributed by atoms with E-state index in [2.05, 4.69) is 166 Å². The second-order valence-electron chi connectivity index (χ2n) is 14.9. The van der Waals surface area contributed by atoms with E-state index in [1.54, 1.807) is 12.1 Å². The van der Waals surface area contributed by atoms with Crippen LogP contribution < -0.4 is 5.32 Å². The monoisotopic (exact) mass is 732 g/mol. The fourth-order valence-electron chi connectivity index (χ4n) is 9.28. The van der Waals surface area contributed by atoms with Crippen molar-refractivity contribution in [3.8, 4) is 16.8 Å². The molecule has 9 aromatic carbocycles. The molecule has 0 fully saturated rings. The van der Waals surface area contributed by atoms with Gasteiger partial charge >= 0.3 is 0 Å². The quantitative estimate of drug-likeness (QED) is 0.180. The van der Waals surface area contributed by atoms with Crippen LogP contribution in [0.2, 0.25) is 0 Å². The van der Waals surface area contributed by atoms with Crippen molar-refractivity contribution < 1.29 is 4.39 Å². The topological polar surface area (TPSA) is 34.2 Å². The summed E-state index contributed by atoms with van der Waals surface area (Å²) >= 11 is 0. The number of fused-ring (bicyclic) bond motifs is 12. The standard InChI is InChI=1S/C52H33FN4/c53-35-21-23-40-38-13-5-4-12-37(38)39-22-18-34(30-43(39)44(40)31-35)47-26-27-54-52(55-47)57-49-17-9-7-15-42(49)46-29-33(20-25-51(46)57)32-19-24-50-45(28-32)41-14-6-8-16-48(41)56(50)36-10-2-1-3-11-36/h1-31,52,55H. The molecule has 57 heavy (non-hydrogen) atoms. The molecule has 268 valence electrons. The van der Waals surface area contributed by atoms with Crippen LogP contribution in [-0.4, -0.2) is 15.3 Å². The van der Waals surface area contributed by atoms with E-state index in [-0.39, 0.29) is 12.1 Å². The highest BCUT2D eigenvalue weighted by molar-refractivity contribution is 6.25. The van der Waals surface area contributed by atoms with Gasteiger partial charge in [0, 0.05) is 39.1 Å². The SMILES string of the molecule is Fc1ccc2c3ccccc3c3ccc(C4=CC=NC(n5c6ccccc6c6cc(-c7ccc8c(c7)c7ccccc7n8-c7ccccc7)ccc65)N4)cc3c2c1. The summed E-state index contributed by atoms with van der Waals surface area (Å²) in [6.45, 7) is 0. The smallest absolute Gasteiger partial charge is 0.200 e. The van der Waals surface area contributed by atoms with Gasteiger partial charge in [-0.05, 0) is 122 Å². The van der Waals surface area contributed by atoms with E-state index in [0.717, 1.165) is 65.9 Å². The van der Waals surface area contributed by atoms with Crippen molar-refractivity contribution in [1.29, 1.82) is 0 Å². The van der Waals surface area contributed by atoms with Crippen molar-refractivity contribution in [2.45, 2.75) is 6.29 Å². The zero-order valence-corrected chi connectivity index (χ0v) is 30.7. The van der Waals surface area contributed by atoms with Gasteiger partial charge in [-0.3, -0.25) is 0 Å². The predicted molar refractivity (Wildman–Crippen MR) is 237 cm³/mol. The molecular weight excluding hydrogens is 700 g/mol. The number of rotatable bonds is 4. The molecule has 0 aliphatic carbocycles. The van der Waals surface area contributed by atoms with Gasteiger partial charge in [-0.2, -0.15) is 0 Å². The molecule has 5 heteroatoms. The molecule has 1 N–H and O–H groups in total. The van der Waals surface area contributed by atoms with E-state index in [9.17, 15) is 4.39 Å². The third-order valence-corrected chi connectivity index (χ3v) is 11.8. The minimum absolute atomic E-state index is 0.239. The summed E-state index contributed by atoms with van der Waals surface area (Å²) in [5.41, 5.74) is 10.1. The van der Waals surface area contributed by atoms with E-state index >= 15 is 0 Å². The highest BCUT2D eigenvalue weighted by Gasteiger charge is 2.22. The molecule has 4 nitrogen and oxygen atoms in total. The molecule has 1 atom stereocenters. The Bertz CT molecular complexity index is 3520. The van der Waals surface area contributed by atoms with Crippen molar-refractivity contribution in [2.24, 2.45) is 4.99 Å². The van der Waals surface area contributed by atoms with Gasteiger partial charge in [0.2, 0.25) is 6.29 Å². The number of para-hydroxylation sites is 3. The van der Waals surface area contributed by atoms with Crippen LogP contribution in [-0.2, 0) is 0 Å². The Morgan fingerprint density at radius 3 is 1.68 bits per heavy atom. The lowest BCUT2D eigenvalue weighted by atomic mass is 9.92. The highest BCUT2D eigenvalue weighted by Crippen LogP contribution is 2.40. The summed E-state index contributed by atoms with van der Waals surface area (Å²) in [6, 6.07) is 61.5. The minimum Gasteiger partial charge on any atom is -0.346 e. The van der Waals surface area contributed by atoms with Crippen LogP contribution in [0.5, 0.6) is 0 Å². The van der Waals surface area contributed by atoms with Crippen LogP contribution in [0.25, 0.3) is 98.4 Å². The Balaban J connectivity index is 0.955. The summed E-state index contributed by atoms with van der Waals surface area (Å²) in [5.74, 6) is -0.239. The van der Waals surface area contributed by atoms with E-state index in [1.807, 2.05) is 24.4 Å². The van der Waals surface area contributed by atoms with Crippen LogP contribution in [0.15, 0.2) is 187 Å². The zero-order valence-electron chi connectivity index (χ0n) is 30.7. The van der Waals surface area contributed by atoms with Crippen molar-refractivity contribution in [3.63, 3.8) is 0 Å². The molecule has 12 rings (SSSR count). The number of hydrogen-bond acceptors (Lipinski definition) is 2. The zero-order chi connectivity index (χ0) is 37.6. The van der Waals surface area contributed by atoms with Crippen LogP contribution in [0, 0.1) is 5.82 Å². The first-order valence-electron chi connectivity index (χ1n) is 19.3. The maximum absolute atomic E-state index is 14.7. The Morgan fingerprint density at radius 2 is 0.930 bits per heavy atom. The molecule has 0 radical (unpaired) electrons. The average Bonchev–Trinajstić information content (AvgIpc) is 3.79. The first kappa shape index (κ1) is 31.8. The number of allylic oxidation sites excluding steroid dienone is 1. The molecule has 0 spiro atoms. The Labute approximate surface area is 327 Å². The molecule has 0 amide bonds. The van der Waals surface area contributed by atoms with Crippen molar-refractivity contribution >= 4 is 87.8 Å². The fraction of sp³-hybridized carbons (Fsp3) is 0.0192. The van der Waals surface area contributed by atoms with Gasteiger partial charge in [0.05, 0.1) is 22.1 Å². The largest absolute Gasteiger partial charge is 0.346 e. The Kier molecular flexibility index (Phi) is 6.84. The molecule has 0 bridgehead atoms. The maximum Gasteiger partial charge on any atom is 0.200 e. The van der Waals surface area contributed by atoms with E-state index in [1.165, 1.54) is 38.1 Å². The molecule has 11 aromatic rings. The summed E-state index contributed by atoms with van der Waals surface area (Å²) in [5, 5.41) is 15.0. The van der Waals surface area contributed by atoms with Crippen LogP contribution in [0.4, 0.5) is 4.39 Å². The molecule has 1 unspecified atom stereocenters. The van der Waals surface area contributed by atoms with Crippen molar-refractivity contribution in [2.75, 3.05) is 0 Å². The van der Waals surface area contributed by atoms with Gasteiger partial charge in [0.25, 0.3) is 0 Å². The number of nitrogens with one attached hydrogen (secondary N) is 1. The van der Waals surface area contributed by atoms with Crippen molar-refractivity contribution in [3.05, 3.63) is 193 Å². The summed E-state index contributed by atoms with van der Waals surface area (Å²) in [6.07, 6.45) is 3.55. The summed E-state index contributed by atoms with van der Waals surface area (Å²) in [4.78, 5) is 4.98. The van der Waals surface area contributed by atoms with Gasteiger partial charge in [0.15, 0.2) is 0 Å². The summed E-state index contributed by atoms with van der Waals surface area (Å²) in [7, 11) is 0. The molecule has 1 aliphatic heterocycles. The Morgan fingerprint density at radius 1 is 0.421 bits per heavy atom. The maximum atomic E-state index is 14.7. The van der Waals surface area contributed by atoms with Crippen LogP contribution in [0.1, 0.15) is 11.9 Å². The lowest BCUT2D eigenvalue weighted by Gasteiger charge is -2.24. The predicted octanol–water partition coefficient (Wildman–Crippen LogP) is 13.3. The molecule has 0 saturated heterocycles. The number of nitrogens with zero attached hydrogens (tertiary/aromatic N) is 3.